The van der Waals surface area contributed by atoms with Gasteiger partial charge in [0.05, 0.1) is 6.54 Å². The molecule has 2 amide bonds. The lowest BCUT2D eigenvalue weighted by Crippen LogP contribution is -2.55. The van der Waals surface area contributed by atoms with E-state index >= 15 is 0 Å². The Labute approximate surface area is 143 Å². The molecule has 0 bridgehead atoms. The lowest BCUT2D eigenvalue weighted by Gasteiger charge is -2.48. The Morgan fingerprint density at radius 2 is 1.96 bits per heavy atom. The first-order valence-corrected chi connectivity index (χ1v) is 8.89. The number of likely N-dealkylation sites (tertiary alicyclic amines) is 2. The lowest BCUT2D eigenvalue weighted by molar-refractivity contribution is -0.140. The highest BCUT2D eigenvalue weighted by atomic mass is 16.2. The van der Waals surface area contributed by atoms with Crippen molar-refractivity contribution in [3.05, 3.63) is 35.9 Å². The summed E-state index contributed by atoms with van der Waals surface area (Å²) in [6, 6.07) is 10.3. The largest absolute Gasteiger partial charge is 0.369 e. The van der Waals surface area contributed by atoms with E-state index in [1.807, 2.05) is 23.1 Å². The number of amides is 2. The standard InChI is InChI=1S/C19H27N3O2/c20-17(23)13-21-11-4-9-19(14-21)10-7-18(24)22(15-19)12-8-16-5-2-1-3-6-16/h1-3,5-6H,4,7-15H2,(H2,20,23). The van der Waals surface area contributed by atoms with Crippen LogP contribution in [-0.4, -0.2) is 54.3 Å². The lowest BCUT2D eigenvalue weighted by atomic mass is 9.73. The molecule has 2 N–H and O–H groups in total. The van der Waals surface area contributed by atoms with Gasteiger partial charge in [0.25, 0.3) is 0 Å². The van der Waals surface area contributed by atoms with Crippen LogP contribution in [0.5, 0.6) is 0 Å². The summed E-state index contributed by atoms with van der Waals surface area (Å²) in [6.07, 6.45) is 4.67. The zero-order chi connectivity index (χ0) is 17.0. The van der Waals surface area contributed by atoms with Crippen LogP contribution in [0.25, 0.3) is 0 Å². The molecule has 0 saturated carbocycles. The Balaban J connectivity index is 1.61. The van der Waals surface area contributed by atoms with Gasteiger partial charge in [0.15, 0.2) is 0 Å². The minimum atomic E-state index is -0.264. The summed E-state index contributed by atoms with van der Waals surface area (Å²) in [5.41, 5.74) is 6.76. The second-order valence-electron chi connectivity index (χ2n) is 7.33. The van der Waals surface area contributed by atoms with Crippen LogP contribution >= 0.6 is 0 Å². The maximum Gasteiger partial charge on any atom is 0.231 e. The molecular weight excluding hydrogens is 302 g/mol. The van der Waals surface area contributed by atoms with Gasteiger partial charge >= 0.3 is 0 Å². The third kappa shape index (κ3) is 4.15. The minimum absolute atomic E-state index is 0.137. The second-order valence-corrected chi connectivity index (χ2v) is 7.33. The SMILES string of the molecule is NC(=O)CN1CCCC2(CCC(=O)N(CCc3ccccc3)C2)C1. The fourth-order valence-electron chi connectivity index (χ4n) is 4.21. The maximum atomic E-state index is 12.3. The summed E-state index contributed by atoms with van der Waals surface area (Å²) in [7, 11) is 0. The summed E-state index contributed by atoms with van der Waals surface area (Å²) in [6.45, 7) is 3.74. The molecule has 1 atom stereocenters. The number of hydrogen-bond acceptors (Lipinski definition) is 3. The van der Waals surface area contributed by atoms with Gasteiger partial charge in [-0.3, -0.25) is 14.5 Å². The Kier molecular flexibility index (Phi) is 5.19. The first-order chi connectivity index (χ1) is 11.6. The van der Waals surface area contributed by atoms with E-state index in [1.165, 1.54) is 5.56 Å². The van der Waals surface area contributed by atoms with Crippen molar-refractivity contribution in [3.8, 4) is 0 Å². The van der Waals surface area contributed by atoms with E-state index in [2.05, 4.69) is 17.0 Å². The fourth-order valence-corrected chi connectivity index (χ4v) is 4.21. The highest BCUT2D eigenvalue weighted by Gasteiger charge is 2.41. The van der Waals surface area contributed by atoms with Crippen LogP contribution < -0.4 is 5.73 Å². The highest BCUT2D eigenvalue weighted by molar-refractivity contribution is 5.77. The molecule has 3 rings (SSSR count). The number of benzene rings is 1. The van der Waals surface area contributed by atoms with Gasteiger partial charge in [0.1, 0.15) is 0 Å². The molecule has 2 heterocycles. The molecule has 2 aliphatic heterocycles. The van der Waals surface area contributed by atoms with Crippen LogP contribution in [0, 0.1) is 5.41 Å². The zero-order valence-corrected chi connectivity index (χ0v) is 14.2. The van der Waals surface area contributed by atoms with Crippen molar-refractivity contribution in [1.82, 2.24) is 9.80 Å². The third-order valence-electron chi connectivity index (χ3n) is 5.38. The Bertz CT molecular complexity index is 590. The van der Waals surface area contributed by atoms with Crippen molar-refractivity contribution in [2.45, 2.75) is 32.1 Å². The summed E-state index contributed by atoms with van der Waals surface area (Å²) >= 11 is 0. The molecule has 2 fully saturated rings. The fraction of sp³-hybridized carbons (Fsp3) is 0.579. The maximum absolute atomic E-state index is 12.3. The molecule has 1 aromatic carbocycles. The van der Waals surface area contributed by atoms with E-state index < -0.39 is 0 Å². The van der Waals surface area contributed by atoms with Crippen LogP contribution in [0.4, 0.5) is 0 Å². The van der Waals surface area contributed by atoms with Gasteiger partial charge < -0.3 is 10.6 Å². The number of nitrogens with zero attached hydrogens (tertiary/aromatic N) is 2. The van der Waals surface area contributed by atoms with E-state index in [1.54, 1.807) is 0 Å². The average molecular weight is 329 g/mol. The van der Waals surface area contributed by atoms with Crippen molar-refractivity contribution in [2.75, 3.05) is 32.7 Å². The van der Waals surface area contributed by atoms with Crippen molar-refractivity contribution >= 4 is 11.8 Å². The molecule has 1 aromatic rings. The van der Waals surface area contributed by atoms with E-state index in [-0.39, 0.29) is 17.2 Å². The number of nitrogens with two attached hydrogens (primary N) is 1. The molecule has 130 valence electrons. The van der Waals surface area contributed by atoms with E-state index in [4.69, 9.17) is 5.73 Å². The Morgan fingerprint density at radius 1 is 1.17 bits per heavy atom. The molecule has 1 unspecified atom stereocenters. The van der Waals surface area contributed by atoms with Gasteiger partial charge in [-0.25, -0.2) is 0 Å². The molecule has 0 radical (unpaired) electrons. The van der Waals surface area contributed by atoms with E-state index in [0.717, 1.165) is 51.9 Å². The van der Waals surface area contributed by atoms with Gasteiger partial charge in [-0.1, -0.05) is 30.3 Å². The summed E-state index contributed by atoms with van der Waals surface area (Å²) in [5, 5.41) is 0. The van der Waals surface area contributed by atoms with Crippen LogP contribution in [0.1, 0.15) is 31.2 Å². The van der Waals surface area contributed by atoms with E-state index in [9.17, 15) is 9.59 Å². The third-order valence-corrected chi connectivity index (χ3v) is 5.38. The van der Waals surface area contributed by atoms with Crippen LogP contribution in [-0.2, 0) is 16.0 Å². The highest BCUT2D eigenvalue weighted by Crippen LogP contribution is 2.38. The van der Waals surface area contributed by atoms with Crippen LogP contribution in [0.2, 0.25) is 0 Å². The number of hydrogen-bond donors (Lipinski definition) is 1. The van der Waals surface area contributed by atoms with Crippen molar-refractivity contribution in [1.29, 1.82) is 0 Å². The van der Waals surface area contributed by atoms with Crippen LogP contribution in [0.3, 0.4) is 0 Å². The summed E-state index contributed by atoms with van der Waals surface area (Å²) in [5.74, 6) is 0.00319. The molecule has 1 spiro atoms. The van der Waals surface area contributed by atoms with Crippen molar-refractivity contribution in [3.63, 3.8) is 0 Å². The number of carbonyl (C=O) groups is 2. The summed E-state index contributed by atoms with van der Waals surface area (Å²) in [4.78, 5) is 27.8. The number of piperidine rings is 2. The predicted molar refractivity (Wildman–Crippen MR) is 93.3 cm³/mol. The second kappa shape index (κ2) is 7.34. The molecule has 2 saturated heterocycles. The molecule has 5 heteroatoms. The molecule has 5 nitrogen and oxygen atoms in total. The molecular formula is C19H27N3O2. The summed E-state index contributed by atoms with van der Waals surface area (Å²) < 4.78 is 0. The van der Waals surface area contributed by atoms with E-state index in [0.29, 0.717) is 13.0 Å². The first-order valence-electron chi connectivity index (χ1n) is 8.89. The normalized spacial score (nSPS) is 25.2. The van der Waals surface area contributed by atoms with Gasteiger partial charge in [-0.15, -0.1) is 0 Å². The van der Waals surface area contributed by atoms with Gasteiger partial charge in [-0.2, -0.15) is 0 Å². The number of rotatable bonds is 5. The van der Waals surface area contributed by atoms with Gasteiger partial charge in [0, 0.05) is 31.5 Å². The predicted octanol–water partition coefficient (Wildman–Crippen LogP) is 1.42. The number of primary amides is 1. The van der Waals surface area contributed by atoms with Crippen molar-refractivity contribution < 1.29 is 9.59 Å². The topological polar surface area (TPSA) is 66.6 Å². The molecule has 2 aliphatic rings. The van der Waals surface area contributed by atoms with Gasteiger partial charge in [-0.05, 0) is 37.8 Å². The zero-order valence-electron chi connectivity index (χ0n) is 14.2. The molecule has 0 aliphatic carbocycles. The monoisotopic (exact) mass is 329 g/mol. The molecule has 24 heavy (non-hydrogen) atoms. The first kappa shape index (κ1) is 17.0. The van der Waals surface area contributed by atoms with Crippen LogP contribution in [0.15, 0.2) is 30.3 Å². The Hall–Kier alpha value is -1.88. The van der Waals surface area contributed by atoms with Crippen molar-refractivity contribution in [2.24, 2.45) is 11.1 Å². The number of carbonyl (C=O) groups excluding carboxylic acids is 2. The molecule has 0 aromatic heterocycles. The minimum Gasteiger partial charge on any atom is -0.369 e. The quantitative estimate of drug-likeness (QED) is 0.888. The van der Waals surface area contributed by atoms with Gasteiger partial charge in [0.2, 0.25) is 11.8 Å². The smallest absolute Gasteiger partial charge is 0.231 e. The Morgan fingerprint density at radius 3 is 2.71 bits per heavy atom. The average Bonchev–Trinajstić information content (AvgIpc) is 2.57.